The number of carbonyl (C=O) groups is 1. The van der Waals surface area contributed by atoms with Crippen molar-refractivity contribution < 1.29 is 13.2 Å². The average Bonchev–Trinajstić information content (AvgIpc) is 3.08. The number of carbonyl (C=O) groups excluding carboxylic acids is 1. The molecule has 29 heavy (non-hydrogen) atoms. The van der Waals surface area contributed by atoms with E-state index in [4.69, 9.17) is 5.84 Å². The zero-order valence-corrected chi connectivity index (χ0v) is 18.6. The first-order chi connectivity index (χ1) is 13.8. The topological polar surface area (TPSA) is 123 Å². The standard InChI is InChI=1S/C18H28N6O3S2/c1-4-7-11-20-16(25)13-28-18-22-21-17(24(18)19)14-9-8-10-15(12-14)29(26,27)23(5-2)6-3/h8-10,12H,4-7,11,13,19H2,1-3H3,(H,20,25). The maximum Gasteiger partial charge on any atom is 0.243 e. The van der Waals surface area contributed by atoms with Crippen LogP contribution < -0.4 is 11.2 Å². The highest BCUT2D eigenvalue weighted by atomic mass is 32.2. The molecule has 0 aliphatic heterocycles. The Balaban J connectivity index is 2.17. The molecule has 0 saturated heterocycles. The van der Waals surface area contributed by atoms with Crippen LogP contribution in [0, 0.1) is 0 Å². The van der Waals surface area contributed by atoms with E-state index in [0.29, 0.717) is 36.2 Å². The Morgan fingerprint density at radius 1 is 1.24 bits per heavy atom. The summed E-state index contributed by atoms with van der Waals surface area (Å²) in [6.45, 7) is 7.06. The first kappa shape index (κ1) is 23.2. The van der Waals surface area contributed by atoms with Crippen molar-refractivity contribution in [3.63, 3.8) is 0 Å². The Hall–Kier alpha value is -2.11. The molecule has 0 bridgehead atoms. The maximum absolute atomic E-state index is 12.8. The van der Waals surface area contributed by atoms with Gasteiger partial charge in [0.25, 0.3) is 0 Å². The largest absolute Gasteiger partial charge is 0.355 e. The quantitative estimate of drug-likeness (QED) is 0.310. The van der Waals surface area contributed by atoms with Crippen molar-refractivity contribution in [2.24, 2.45) is 0 Å². The van der Waals surface area contributed by atoms with Crippen molar-refractivity contribution in [1.29, 1.82) is 0 Å². The molecule has 9 nitrogen and oxygen atoms in total. The molecule has 1 amide bonds. The normalized spacial score (nSPS) is 11.7. The number of benzene rings is 1. The number of amides is 1. The number of hydrogen-bond donors (Lipinski definition) is 2. The molecule has 0 saturated carbocycles. The molecule has 0 unspecified atom stereocenters. The Kier molecular flexibility index (Phi) is 8.47. The van der Waals surface area contributed by atoms with Crippen molar-refractivity contribution in [3.05, 3.63) is 24.3 Å². The van der Waals surface area contributed by atoms with E-state index >= 15 is 0 Å². The monoisotopic (exact) mass is 440 g/mol. The molecule has 160 valence electrons. The second-order valence-corrected chi connectivity index (χ2v) is 9.17. The highest BCUT2D eigenvalue weighted by Gasteiger charge is 2.23. The summed E-state index contributed by atoms with van der Waals surface area (Å²) >= 11 is 1.18. The van der Waals surface area contributed by atoms with Crippen molar-refractivity contribution >= 4 is 27.7 Å². The molecule has 1 heterocycles. The van der Waals surface area contributed by atoms with E-state index in [1.54, 1.807) is 32.0 Å². The van der Waals surface area contributed by atoms with Gasteiger partial charge in [-0.15, -0.1) is 10.2 Å². The molecule has 0 radical (unpaired) electrons. The third kappa shape index (κ3) is 5.71. The lowest BCUT2D eigenvalue weighted by atomic mass is 10.2. The van der Waals surface area contributed by atoms with Crippen LogP contribution in [0.2, 0.25) is 0 Å². The highest BCUT2D eigenvalue weighted by Crippen LogP contribution is 2.25. The molecule has 11 heteroatoms. The van der Waals surface area contributed by atoms with Crippen molar-refractivity contribution in [3.8, 4) is 11.4 Å². The number of hydrogen-bond acceptors (Lipinski definition) is 7. The van der Waals surface area contributed by atoms with E-state index in [1.807, 2.05) is 0 Å². The number of nitrogens with zero attached hydrogens (tertiary/aromatic N) is 4. The van der Waals surface area contributed by atoms with Crippen LogP contribution >= 0.6 is 11.8 Å². The Bertz CT molecular complexity index is 925. The summed E-state index contributed by atoms with van der Waals surface area (Å²) in [5.74, 6) is 6.50. The number of unbranched alkanes of at least 4 members (excludes halogenated alkanes) is 1. The molecule has 2 rings (SSSR count). The smallest absolute Gasteiger partial charge is 0.243 e. The fraction of sp³-hybridized carbons (Fsp3) is 0.500. The molecule has 3 N–H and O–H groups in total. The van der Waals surface area contributed by atoms with E-state index in [2.05, 4.69) is 22.4 Å². The second-order valence-electron chi connectivity index (χ2n) is 6.29. The van der Waals surface area contributed by atoms with Gasteiger partial charge < -0.3 is 11.2 Å². The van der Waals surface area contributed by atoms with Crippen LogP contribution in [0.4, 0.5) is 0 Å². The number of nitrogens with two attached hydrogens (primary N) is 1. The predicted molar refractivity (Wildman–Crippen MR) is 114 cm³/mol. The second kappa shape index (κ2) is 10.6. The van der Waals surface area contributed by atoms with Gasteiger partial charge in [0.05, 0.1) is 10.6 Å². The first-order valence-corrected chi connectivity index (χ1v) is 12.0. The molecule has 0 fully saturated rings. The number of thioether (sulfide) groups is 1. The van der Waals surface area contributed by atoms with Crippen LogP contribution in [0.5, 0.6) is 0 Å². The van der Waals surface area contributed by atoms with E-state index in [9.17, 15) is 13.2 Å². The minimum atomic E-state index is -3.59. The van der Waals surface area contributed by atoms with Gasteiger partial charge in [0.15, 0.2) is 5.82 Å². The van der Waals surface area contributed by atoms with E-state index < -0.39 is 10.0 Å². The summed E-state index contributed by atoms with van der Waals surface area (Å²) in [5, 5.41) is 11.3. The van der Waals surface area contributed by atoms with Gasteiger partial charge in [-0.2, -0.15) is 4.31 Å². The summed E-state index contributed by atoms with van der Waals surface area (Å²) in [7, 11) is -3.59. The number of nitrogen functional groups attached to an aromatic ring is 1. The van der Waals surface area contributed by atoms with Gasteiger partial charge in [0.2, 0.25) is 21.1 Å². The first-order valence-electron chi connectivity index (χ1n) is 9.55. The van der Waals surface area contributed by atoms with Crippen LogP contribution in [-0.2, 0) is 14.8 Å². The molecular formula is C18H28N6O3S2. The third-order valence-corrected chi connectivity index (χ3v) is 7.27. The van der Waals surface area contributed by atoms with Gasteiger partial charge in [-0.1, -0.05) is 51.1 Å². The third-order valence-electron chi connectivity index (χ3n) is 4.28. The summed E-state index contributed by atoms with van der Waals surface area (Å²) in [4.78, 5) is 12.0. The zero-order valence-electron chi connectivity index (χ0n) is 17.0. The summed E-state index contributed by atoms with van der Waals surface area (Å²) < 4.78 is 28.2. The van der Waals surface area contributed by atoms with Crippen LogP contribution in [0.3, 0.4) is 0 Å². The zero-order chi connectivity index (χ0) is 21.4. The molecule has 2 aromatic rings. The number of rotatable bonds is 11. The Morgan fingerprint density at radius 3 is 2.62 bits per heavy atom. The van der Waals surface area contributed by atoms with Gasteiger partial charge >= 0.3 is 0 Å². The Labute approximate surface area is 176 Å². The number of sulfonamides is 1. The van der Waals surface area contributed by atoms with E-state index in [1.165, 1.54) is 26.8 Å². The molecule has 0 spiro atoms. The highest BCUT2D eigenvalue weighted by molar-refractivity contribution is 7.99. The lowest BCUT2D eigenvalue weighted by Gasteiger charge is -2.18. The summed E-state index contributed by atoms with van der Waals surface area (Å²) in [5.41, 5.74) is 0.535. The van der Waals surface area contributed by atoms with Gasteiger partial charge in [0.1, 0.15) is 0 Å². The van der Waals surface area contributed by atoms with Gasteiger partial charge in [-0.3, -0.25) is 4.79 Å². The minimum Gasteiger partial charge on any atom is -0.355 e. The van der Waals surface area contributed by atoms with Crippen LogP contribution in [0.1, 0.15) is 33.6 Å². The molecule has 1 aromatic carbocycles. The van der Waals surface area contributed by atoms with E-state index in [-0.39, 0.29) is 16.6 Å². The molecule has 0 atom stereocenters. The molecule has 0 aliphatic rings. The Morgan fingerprint density at radius 2 is 1.97 bits per heavy atom. The van der Waals surface area contributed by atoms with E-state index in [0.717, 1.165) is 12.8 Å². The van der Waals surface area contributed by atoms with Gasteiger partial charge in [-0.25, -0.2) is 13.1 Å². The fourth-order valence-corrected chi connectivity index (χ4v) is 4.86. The molecule has 0 aliphatic carbocycles. The van der Waals surface area contributed by atoms with Crippen LogP contribution in [0.15, 0.2) is 34.3 Å². The van der Waals surface area contributed by atoms with Crippen LogP contribution in [-0.4, -0.2) is 58.9 Å². The van der Waals surface area contributed by atoms with Gasteiger partial charge in [-0.05, 0) is 18.6 Å². The SMILES string of the molecule is CCCCNC(=O)CSc1nnc(-c2cccc(S(=O)(=O)N(CC)CC)c2)n1N. The van der Waals surface area contributed by atoms with Crippen molar-refractivity contribution in [2.45, 2.75) is 43.7 Å². The van der Waals surface area contributed by atoms with Crippen molar-refractivity contribution in [2.75, 3.05) is 31.2 Å². The van der Waals surface area contributed by atoms with Crippen molar-refractivity contribution in [1.82, 2.24) is 24.5 Å². The maximum atomic E-state index is 12.8. The fourth-order valence-electron chi connectivity index (χ4n) is 2.67. The summed E-state index contributed by atoms with van der Waals surface area (Å²) in [6.07, 6.45) is 1.94. The molecular weight excluding hydrogens is 412 g/mol. The minimum absolute atomic E-state index is 0.0969. The van der Waals surface area contributed by atoms with Crippen LogP contribution in [0.25, 0.3) is 11.4 Å². The molecule has 1 aromatic heterocycles. The lowest BCUT2D eigenvalue weighted by Crippen LogP contribution is -2.30. The average molecular weight is 441 g/mol. The lowest BCUT2D eigenvalue weighted by molar-refractivity contribution is -0.118. The number of nitrogens with one attached hydrogen (secondary N) is 1. The van der Waals surface area contributed by atoms with Gasteiger partial charge in [0, 0.05) is 25.2 Å². The summed E-state index contributed by atoms with van der Waals surface area (Å²) in [6, 6.07) is 6.45. The number of aromatic nitrogens is 3. The predicted octanol–water partition coefficient (Wildman–Crippen LogP) is 1.70.